The molecule has 1 aliphatic carbocycles. The third-order valence-electron chi connectivity index (χ3n) is 6.06. The molecular formula is C24H28N6O3. The summed E-state index contributed by atoms with van der Waals surface area (Å²) in [6.45, 7) is 4.36. The topological polar surface area (TPSA) is 130 Å². The predicted octanol–water partition coefficient (Wildman–Crippen LogP) is 2.29. The molecule has 2 aromatic rings. The van der Waals surface area contributed by atoms with Crippen LogP contribution in [0.1, 0.15) is 37.4 Å². The molecule has 9 heteroatoms. The van der Waals surface area contributed by atoms with Crippen LogP contribution in [0.4, 0.5) is 5.82 Å². The van der Waals surface area contributed by atoms with Gasteiger partial charge in [-0.25, -0.2) is 9.97 Å². The predicted molar refractivity (Wildman–Crippen MR) is 126 cm³/mol. The van der Waals surface area contributed by atoms with Crippen LogP contribution in [0.25, 0.3) is 22.7 Å². The minimum absolute atomic E-state index is 0.00116. The molecule has 0 atom stereocenters. The molecule has 0 radical (unpaired) electrons. The zero-order chi connectivity index (χ0) is 23.4. The van der Waals surface area contributed by atoms with Gasteiger partial charge in [-0.05, 0) is 37.8 Å². The molecule has 4 rings (SSSR count). The number of morpholine rings is 1. The summed E-state index contributed by atoms with van der Waals surface area (Å²) < 4.78 is 7.26. The van der Waals surface area contributed by atoms with E-state index in [2.05, 4.69) is 35.1 Å². The summed E-state index contributed by atoms with van der Waals surface area (Å²) in [5, 5.41) is 20.1. The van der Waals surface area contributed by atoms with Gasteiger partial charge in [-0.3, -0.25) is 4.79 Å². The van der Waals surface area contributed by atoms with Crippen molar-refractivity contribution in [3.05, 3.63) is 40.9 Å². The minimum Gasteiger partial charge on any atom is -0.396 e. The van der Waals surface area contributed by atoms with Gasteiger partial charge in [0.25, 0.3) is 5.91 Å². The molecular weight excluding hydrogens is 420 g/mol. The number of aliphatic hydroxyl groups excluding tert-OH is 1. The fourth-order valence-corrected chi connectivity index (χ4v) is 4.31. The van der Waals surface area contributed by atoms with Crippen LogP contribution in [-0.2, 0) is 16.1 Å². The highest BCUT2D eigenvalue weighted by atomic mass is 16.5. The summed E-state index contributed by atoms with van der Waals surface area (Å²) >= 11 is 0. The number of rotatable bonds is 6. The standard InChI is InChI=1S/C24H28N6O3/c1-16-3-5-17(6-4-16)20-19(13-18(14-25)24(32)29-8-11-33-12-9-29)30(7-2-10-31)23-21(20)22(26)27-15-28-23/h3,5,13,15,31H,2,4,6-12H2,1H3,(H2,26,27,28)/b18-13+. The number of carbonyl (C=O) groups is 1. The number of amides is 1. The quantitative estimate of drug-likeness (QED) is 0.512. The maximum atomic E-state index is 13.1. The van der Waals surface area contributed by atoms with Gasteiger partial charge in [-0.2, -0.15) is 5.26 Å². The lowest BCUT2D eigenvalue weighted by Gasteiger charge is -2.26. The van der Waals surface area contributed by atoms with Crippen LogP contribution in [0.5, 0.6) is 0 Å². The number of fused-ring (bicyclic) bond motifs is 1. The zero-order valence-corrected chi connectivity index (χ0v) is 18.8. The van der Waals surface area contributed by atoms with Crippen molar-refractivity contribution in [2.75, 3.05) is 38.6 Å². The number of nitriles is 1. The minimum atomic E-state index is -0.321. The molecule has 3 N–H and O–H groups in total. The van der Waals surface area contributed by atoms with Crippen LogP contribution in [0, 0.1) is 11.3 Å². The SMILES string of the molecule is CC1=CC=C(c2c(/C=C(\C#N)C(=O)N3CCOCC3)n(CCCO)c3ncnc(N)c23)CC1. The summed E-state index contributed by atoms with van der Waals surface area (Å²) in [4.78, 5) is 23.4. The molecule has 0 spiro atoms. The number of aromatic nitrogens is 3. The molecule has 1 fully saturated rings. The molecule has 0 bridgehead atoms. The monoisotopic (exact) mass is 448 g/mol. The van der Waals surface area contributed by atoms with Crippen molar-refractivity contribution in [2.45, 2.75) is 32.7 Å². The Balaban J connectivity index is 1.94. The third kappa shape index (κ3) is 4.53. The van der Waals surface area contributed by atoms with E-state index in [1.807, 2.05) is 4.57 Å². The normalized spacial score (nSPS) is 17.0. The van der Waals surface area contributed by atoms with Crippen molar-refractivity contribution < 1.29 is 14.6 Å². The Bertz CT molecular complexity index is 1190. The number of anilines is 1. The summed E-state index contributed by atoms with van der Waals surface area (Å²) in [5.41, 5.74) is 10.8. The van der Waals surface area contributed by atoms with Gasteiger partial charge in [-0.15, -0.1) is 0 Å². The average Bonchev–Trinajstić information content (AvgIpc) is 3.15. The molecule has 3 heterocycles. The van der Waals surface area contributed by atoms with Gasteiger partial charge in [0.05, 0.1) is 24.3 Å². The number of hydrogen-bond acceptors (Lipinski definition) is 7. The van der Waals surface area contributed by atoms with Gasteiger partial charge in [0.1, 0.15) is 29.4 Å². The lowest BCUT2D eigenvalue weighted by molar-refractivity contribution is -0.130. The van der Waals surface area contributed by atoms with Crippen molar-refractivity contribution >= 4 is 34.4 Å². The van der Waals surface area contributed by atoms with E-state index in [1.54, 1.807) is 11.0 Å². The van der Waals surface area contributed by atoms with Gasteiger partial charge in [0, 0.05) is 31.8 Å². The van der Waals surface area contributed by atoms with E-state index in [-0.39, 0.29) is 18.1 Å². The Morgan fingerprint density at radius 2 is 2.09 bits per heavy atom. The summed E-state index contributed by atoms with van der Waals surface area (Å²) in [6, 6.07) is 2.09. The molecule has 0 unspecified atom stereocenters. The maximum Gasteiger partial charge on any atom is 0.264 e. The zero-order valence-electron chi connectivity index (χ0n) is 18.8. The van der Waals surface area contributed by atoms with E-state index in [4.69, 9.17) is 10.5 Å². The molecule has 0 saturated carbocycles. The fourth-order valence-electron chi connectivity index (χ4n) is 4.31. The van der Waals surface area contributed by atoms with Crippen molar-refractivity contribution in [3.8, 4) is 6.07 Å². The van der Waals surface area contributed by atoms with Crippen molar-refractivity contribution in [1.82, 2.24) is 19.4 Å². The number of allylic oxidation sites excluding steroid dienone is 4. The van der Waals surface area contributed by atoms with Crippen LogP contribution in [0.15, 0.2) is 29.6 Å². The van der Waals surface area contributed by atoms with E-state index in [0.717, 1.165) is 24.0 Å². The van der Waals surface area contributed by atoms with E-state index in [9.17, 15) is 15.2 Å². The average molecular weight is 449 g/mol. The van der Waals surface area contributed by atoms with Crippen LogP contribution >= 0.6 is 0 Å². The van der Waals surface area contributed by atoms with Crippen molar-refractivity contribution in [2.24, 2.45) is 0 Å². The summed E-state index contributed by atoms with van der Waals surface area (Å²) in [6.07, 6.45) is 9.38. The van der Waals surface area contributed by atoms with E-state index < -0.39 is 0 Å². The molecule has 9 nitrogen and oxygen atoms in total. The molecule has 1 amide bonds. The number of nitrogen functional groups attached to an aromatic ring is 1. The highest BCUT2D eigenvalue weighted by Gasteiger charge is 2.26. The largest absolute Gasteiger partial charge is 0.396 e. The first kappa shape index (κ1) is 22.7. The van der Waals surface area contributed by atoms with Gasteiger partial charge in [0.2, 0.25) is 0 Å². The number of aryl methyl sites for hydroxylation is 1. The molecule has 172 valence electrons. The smallest absolute Gasteiger partial charge is 0.264 e. The van der Waals surface area contributed by atoms with E-state index >= 15 is 0 Å². The molecule has 1 saturated heterocycles. The molecule has 2 aliphatic rings. The number of aliphatic hydroxyl groups is 1. The first-order valence-electron chi connectivity index (χ1n) is 11.1. The second-order valence-corrected chi connectivity index (χ2v) is 8.23. The number of carbonyl (C=O) groups excluding carboxylic acids is 1. The number of nitrogens with zero attached hydrogens (tertiary/aromatic N) is 5. The molecule has 1 aliphatic heterocycles. The number of hydrogen-bond donors (Lipinski definition) is 2. The lowest BCUT2D eigenvalue weighted by atomic mass is 9.92. The van der Waals surface area contributed by atoms with Gasteiger partial charge >= 0.3 is 0 Å². The highest BCUT2D eigenvalue weighted by molar-refractivity contribution is 6.06. The van der Waals surface area contributed by atoms with Crippen molar-refractivity contribution in [3.63, 3.8) is 0 Å². The first-order chi connectivity index (χ1) is 16.0. The maximum absolute atomic E-state index is 13.1. The second kappa shape index (κ2) is 9.98. The van der Waals surface area contributed by atoms with Crippen LogP contribution < -0.4 is 5.73 Å². The second-order valence-electron chi connectivity index (χ2n) is 8.23. The van der Waals surface area contributed by atoms with Gasteiger partial charge in [0.15, 0.2) is 0 Å². The van der Waals surface area contributed by atoms with Crippen molar-refractivity contribution in [1.29, 1.82) is 5.26 Å². The Kier molecular flexibility index (Phi) is 6.87. The summed E-state index contributed by atoms with van der Waals surface area (Å²) in [7, 11) is 0. The van der Waals surface area contributed by atoms with Gasteiger partial charge in [-0.1, -0.05) is 17.7 Å². The van der Waals surface area contributed by atoms with E-state index in [1.165, 1.54) is 11.9 Å². The van der Waals surface area contributed by atoms with Crippen LogP contribution in [-0.4, -0.2) is 63.4 Å². The van der Waals surface area contributed by atoms with Gasteiger partial charge < -0.3 is 25.0 Å². The Morgan fingerprint density at radius 1 is 1.30 bits per heavy atom. The Hall–Kier alpha value is -3.48. The van der Waals surface area contributed by atoms with Crippen LogP contribution in [0.3, 0.4) is 0 Å². The Labute approximate surface area is 192 Å². The molecule has 33 heavy (non-hydrogen) atoms. The summed E-state index contributed by atoms with van der Waals surface area (Å²) in [5.74, 6) is 0.0238. The number of ether oxygens (including phenoxy) is 1. The van der Waals surface area contributed by atoms with E-state index in [0.29, 0.717) is 61.8 Å². The van der Waals surface area contributed by atoms with Crippen LogP contribution in [0.2, 0.25) is 0 Å². The highest BCUT2D eigenvalue weighted by Crippen LogP contribution is 2.39. The first-order valence-corrected chi connectivity index (χ1v) is 11.1. The number of nitrogens with two attached hydrogens (primary N) is 1. The molecule has 2 aromatic heterocycles. The Morgan fingerprint density at radius 3 is 2.76 bits per heavy atom. The molecule has 0 aromatic carbocycles. The third-order valence-corrected chi connectivity index (χ3v) is 6.06. The lowest BCUT2D eigenvalue weighted by Crippen LogP contribution is -2.41. The fraction of sp³-hybridized carbons (Fsp3) is 0.417.